The van der Waals surface area contributed by atoms with Crippen LogP contribution in [0.25, 0.3) is 0 Å². The highest BCUT2D eigenvalue weighted by atomic mass is 79.9. The molecule has 0 saturated carbocycles. The molecule has 0 radical (unpaired) electrons. The van der Waals surface area contributed by atoms with Crippen LogP contribution in [-0.4, -0.2) is 7.05 Å². The molecular formula is C14H12BrF4NS. The molecule has 1 heterocycles. The van der Waals surface area contributed by atoms with E-state index in [4.69, 9.17) is 0 Å². The summed E-state index contributed by atoms with van der Waals surface area (Å²) in [5, 5.41) is 2.84. The summed E-state index contributed by atoms with van der Waals surface area (Å²) in [4.78, 5) is 0.915. The molecule has 0 aliphatic heterocycles. The predicted octanol–water partition coefficient (Wildman–Crippen LogP) is 5.17. The topological polar surface area (TPSA) is 12.0 Å². The van der Waals surface area contributed by atoms with Gasteiger partial charge in [-0.25, -0.2) is 4.39 Å². The van der Waals surface area contributed by atoms with Gasteiger partial charge in [0.1, 0.15) is 5.82 Å². The molecule has 0 saturated heterocycles. The zero-order valence-corrected chi connectivity index (χ0v) is 13.4. The Bertz CT molecular complexity index is 624. The van der Waals surface area contributed by atoms with Gasteiger partial charge in [0.15, 0.2) is 0 Å². The summed E-state index contributed by atoms with van der Waals surface area (Å²) in [6.45, 7) is 0. The molecule has 0 fully saturated rings. The van der Waals surface area contributed by atoms with Crippen molar-refractivity contribution in [1.29, 1.82) is 0 Å². The smallest absolute Gasteiger partial charge is 0.313 e. The van der Waals surface area contributed by atoms with Gasteiger partial charge in [-0.3, -0.25) is 0 Å². The van der Waals surface area contributed by atoms with Gasteiger partial charge in [-0.05, 0) is 58.9 Å². The molecule has 0 aliphatic carbocycles. The lowest BCUT2D eigenvalue weighted by atomic mass is 9.97. The minimum atomic E-state index is -4.51. The molecular weight excluding hydrogens is 370 g/mol. The second-order valence-electron chi connectivity index (χ2n) is 4.48. The van der Waals surface area contributed by atoms with Crippen LogP contribution in [0.1, 0.15) is 22.0 Å². The molecule has 0 amide bonds. The second kappa shape index (κ2) is 6.46. The van der Waals surface area contributed by atoms with Crippen LogP contribution in [0.4, 0.5) is 17.6 Å². The Kier molecular flexibility index (Phi) is 5.06. The second-order valence-corrected chi connectivity index (χ2v) is 7.03. The first-order valence-corrected chi connectivity index (χ1v) is 7.70. The lowest BCUT2D eigenvalue weighted by Crippen LogP contribution is -2.22. The van der Waals surface area contributed by atoms with Crippen LogP contribution in [-0.2, 0) is 12.6 Å². The van der Waals surface area contributed by atoms with E-state index in [1.54, 1.807) is 7.05 Å². The van der Waals surface area contributed by atoms with Crippen LogP contribution in [0.5, 0.6) is 0 Å². The molecule has 1 nitrogen and oxygen atoms in total. The van der Waals surface area contributed by atoms with Crippen LogP contribution in [0.2, 0.25) is 0 Å². The molecule has 21 heavy (non-hydrogen) atoms. The maximum absolute atomic E-state index is 13.4. The maximum Gasteiger partial charge on any atom is 0.416 e. The van der Waals surface area contributed by atoms with Crippen molar-refractivity contribution in [1.82, 2.24) is 5.32 Å². The zero-order chi connectivity index (χ0) is 15.6. The normalized spacial score (nSPS) is 13.4. The number of alkyl halides is 3. The number of halogens is 5. The predicted molar refractivity (Wildman–Crippen MR) is 78.9 cm³/mol. The van der Waals surface area contributed by atoms with Crippen LogP contribution in [0, 0.1) is 5.82 Å². The summed E-state index contributed by atoms with van der Waals surface area (Å²) in [5.74, 6) is -0.675. The molecule has 0 aliphatic rings. The maximum atomic E-state index is 13.4. The standard InChI is InChI=1S/C14H12BrF4NS/c1-20-12(7-9-3-5-13(15)21-9)10-6-8(16)2-4-11(10)14(17,18)19/h2-6,12,20H,7H2,1H3. The van der Waals surface area contributed by atoms with Crippen molar-refractivity contribution in [2.75, 3.05) is 7.05 Å². The number of hydrogen-bond donors (Lipinski definition) is 1. The van der Waals surface area contributed by atoms with Crippen molar-refractivity contribution in [3.8, 4) is 0 Å². The summed E-state index contributed by atoms with van der Waals surface area (Å²) < 4.78 is 53.5. The molecule has 2 rings (SSSR count). The van der Waals surface area contributed by atoms with Gasteiger partial charge >= 0.3 is 6.18 Å². The van der Waals surface area contributed by atoms with E-state index in [1.807, 2.05) is 12.1 Å². The number of likely N-dealkylation sites (N-methyl/N-ethyl adjacent to an activating group) is 1. The first-order valence-electron chi connectivity index (χ1n) is 6.09. The van der Waals surface area contributed by atoms with Crippen LogP contribution >= 0.6 is 27.3 Å². The summed E-state index contributed by atoms with van der Waals surface area (Å²) >= 11 is 4.76. The van der Waals surface area contributed by atoms with E-state index in [0.29, 0.717) is 6.42 Å². The lowest BCUT2D eigenvalue weighted by Gasteiger charge is -2.21. The van der Waals surface area contributed by atoms with Crippen molar-refractivity contribution in [3.05, 3.63) is 55.9 Å². The molecule has 114 valence electrons. The summed E-state index contributed by atoms with van der Waals surface area (Å²) in [6.07, 6.45) is -4.15. The molecule has 7 heteroatoms. The fourth-order valence-corrected chi connectivity index (χ4v) is 3.64. The number of nitrogens with one attached hydrogen (secondary N) is 1. The van der Waals surface area contributed by atoms with Crippen molar-refractivity contribution >= 4 is 27.3 Å². The average molecular weight is 382 g/mol. The Morgan fingerprint density at radius 3 is 2.48 bits per heavy atom. The number of rotatable bonds is 4. The molecule has 2 aromatic rings. The molecule has 1 aromatic heterocycles. The largest absolute Gasteiger partial charge is 0.416 e. The Morgan fingerprint density at radius 1 is 1.24 bits per heavy atom. The summed E-state index contributed by atoms with van der Waals surface area (Å²) in [5.41, 5.74) is -0.881. The van der Waals surface area contributed by atoms with Gasteiger partial charge in [0.25, 0.3) is 0 Å². The highest BCUT2D eigenvalue weighted by Crippen LogP contribution is 2.36. The van der Waals surface area contributed by atoms with Gasteiger partial charge < -0.3 is 5.32 Å². The van der Waals surface area contributed by atoms with E-state index in [0.717, 1.165) is 26.9 Å². The summed E-state index contributed by atoms with van der Waals surface area (Å²) in [6, 6.07) is 5.64. The molecule has 1 unspecified atom stereocenters. The molecule has 0 bridgehead atoms. The lowest BCUT2D eigenvalue weighted by molar-refractivity contribution is -0.138. The van der Waals surface area contributed by atoms with Gasteiger partial charge in [-0.15, -0.1) is 11.3 Å². The van der Waals surface area contributed by atoms with E-state index < -0.39 is 23.6 Å². The Hall–Kier alpha value is -0.920. The van der Waals surface area contributed by atoms with Crippen molar-refractivity contribution in [2.45, 2.75) is 18.6 Å². The van der Waals surface area contributed by atoms with E-state index >= 15 is 0 Å². The molecule has 0 spiro atoms. The van der Waals surface area contributed by atoms with E-state index in [9.17, 15) is 17.6 Å². The molecule has 1 atom stereocenters. The van der Waals surface area contributed by atoms with Gasteiger partial charge in [0.2, 0.25) is 0 Å². The van der Waals surface area contributed by atoms with Crippen LogP contribution < -0.4 is 5.32 Å². The summed E-state index contributed by atoms with van der Waals surface area (Å²) in [7, 11) is 1.57. The molecule has 1 N–H and O–H groups in total. The van der Waals surface area contributed by atoms with Crippen LogP contribution in [0.3, 0.4) is 0 Å². The first kappa shape index (κ1) is 16.5. The number of thiophene rings is 1. The fourth-order valence-electron chi connectivity index (χ4n) is 2.11. The van der Waals surface area contributed by atoms with E-state index in [2.05, 4.69) is 21.2 Å². The Morgan fingerprint density at radius 2 is 1.95 bits per heavy atom. The minimum absolute atomic E-state index is 0.0745. The highest BCUT2D eigenvalue weighted by molar-refractivity contribution is 9.11. The number of benzene rings is 1. The van der Waals surface area contributed by atoms with Gasteiger partial charge in [0, 0.05) is 17.3 Å². The van der Waals surface area contributed by atoms with Gasteiger partial charge in [0.05, 0.1) is 9.35 Å². The Balaban J connectivity index is 2.39. The SMILES string of the molecule is CNC(Cc1ccc(Br)s1)c1cc(F)ccc1C(F)(F)F. The van der Waals surface area contributed by atoms with Gasteiger partial charge in [-0.1, -0.05) is 0 Å². The van der Waals surface area contributed by atoms with E-state index in [1.165, 1.54) is 11.3 Å². The average Bonchev–Trinajstić information content (AvgIpc) is 2.80. The third-order valence-corrected chi connectivity index (χ3v) is 4.72. The third-order valence-electron chi connectivity index (χ3n) is 3.08. The molecule has 1 aromatic carbocycles. The highest BCUT2D eigenvalue weighted by Gasteiger charge is 2.35. The fraction of sp³-hybridized carbons (Fsp3) is 0.286. The van der Waals surface area contributed by atoms with Crippen LogP contribution in [0.15, 0.2) is 34.1 Å². The van der Waals surface area contributed by atoms with Crippen molar-refractivity contribution < 1.29 is 17.6 Å². The van der Waals surface area contributed by atoms with Crippen molar-refractivity contribution in [3.63, 3.8) is 0 Å². The zero-order valence-electron chi connectivity index (χ0n) is 11.0. The minimum Gasteiger partial charge on any atom is -0.313 e. The van der Waals surface area contributed by atoms with Gasteiger partial charge in [-0.2, -0.15) is 13.2 Å². The number of hydrogen-bond acceptors (Lipinski definition) is 2. The first-order chi connectivity index (χ1) is 9.81. The monoisotopic (exact) mass is 381 g/mol. The quantitative estimate of drug-likeness (QED) is 0.720. The Labute approximate surface area is 132 Å². The van der Waals surface area contributed by atoms with E-state index in [-0.39, 0.29) is 5.56 Å². The van der Waals surface area contributed by atoms with Crippen molar-refractivity contribution in [2.24, 2.45) is 0 Å². The third kappa shape index (κ3) is 4.05.